The third kappa shape index (κ3) is 7.53. The van der Waals surface area contributed by atoms with Gasteiger partial charge in [-0.15, -0.1) is 12.4 Å². The van der Waals surface area contributed by atoms with Gasteiger partial charge in [-0.2, -0.15) is 0 Å². The highest BCUT2D eigenvalue weighted by atomic mass is 35.5. The van der Waals surface area contributed by atoms with Crippen LogP contribution in [-0.2, 0) is 9.59 Å². The Balaban J connectivity index is 0.00000484. The molecule has 1 saturated carbocycles. The van der Waals surface area contributed by atoms with Gasteiger partial charge in [0.1, 0.15) is 0 Å². The van der Waals surface area contributed by atoms with E-state index in [1.54, 1.807) is 0 Å². The summed E-state index contributed by atoms with van der Waals surface area (Å²) in [5.74, 6) is -0.347. The van der Waals surface area contributed by atoms with Crippen LogP contribution in [0.25, 0.3) is 0 Å². The Bertz CT molecular complexity index is 406. The largest absolute Gasteiger partial charge is 0.352 e. The van der Waals surface area contributed by atoms with Gasteiger partial charge in [0.15, 0.2) is 0 Å². The number of carbonyl (C=O) groups is 2. The lowest BCUT2D eigenvalue weighted by atomic mass is 9.63. The summed E-state index contributed by atoms with van der Waals surface area (Å²) >= 11 is 0. The van der Waals surface area contributed by atoms with Gasteiger partial charge in [0.05, 0.1) is 12.6 Å². The second-order valence-electron chi connectivity index (χ2n) is 8.67. The van der Waals surface area contributed by atoms with Crippen LogP contribution in [0.2, 0.25) is 0 Å². The highest BCUT2D eigenvalue weighted by Gasteiger charge is 2.38. The van der Waals surface area contributed by atoms with Crippen molar-refractivity contribution in [3.63, 3.8) is 0 Å². The van der Waals surface area contributed by atoms with E-state index < -0.39 is 6.04 Å². The van der Waals surface area contributed by atoms with E-state index >= 15 is 0 Å². The Kier molecular flexibility index (Phi) is 8.04. The van der Waals surface area contributed by atoms with Crippen molar-refractivity contribution in [3.05, 3.63) is 0 Å². The first-order valence-electron chi connectivity index (χ1n) is 8.24. The molecule has 0 aromatic rings. The predicted octanol–water partition coefficient (Wildman–Crippen LogP) is 2.23. The summed E-state index contributed by atoms with van der Waals surface area (Å²) in [5.41, 5.74) is 6.21. The van der Waals surface area contributed by atoms with Crippen LogP contribution in [0.5, 0.6) is 0 Å². The SMILES string of the molecule is CC(C)[C@H](N)C(=O)NCC(=O)NC1CC(C)(C)CC(C)(C)C1.Cl. The molecule has 1 aliphatic rings. The molecule has 5 nitrogen and oxygen atoms in total. The van der Waals surface area contributed by atoms with Gasteiger partial charge in [0.2, 0.25) is 11.8 Å². The van der Waals surface area contributed by atoms with Gasteiger partial charge in [-0.05, 0) is 36.0 Å². The minimum Gasteiger partial charge on any atom is -0.352 e. The molecular formula is C17H34ClN3O2. The van der Waals surface area contributed by atoms with Crippen molar-refractivity contribution in [3.8, 4) is 0 Å². The van der Waals surface area contributed by atoms with Crippen LogP contribution in [0.3, 0.4) is 0 Å². The lowest BCUT2D eigenvalue weighted by Crippen LogP contribution is -2.50. The molecule has 0 aromatic heterocycles. The molecule has 0 aliphatic heterocycles. The molecule has 0 radical (unpaired) electrons. The molecule has 0 bridgehead atoms. The van der Waals surface area contributed by atoms with Crippen LogP contribution in [0.4, 0.5) is 0 Å². The molecule has 136 valence electrons. The van der Waals surface area contributed by atoms with E-state index in [4.69, 9.17) is 5.73 Å². The number of amides is 2. The maximum Gasteiger partial charge on any atom is 0.239 e. The Morgan fingerprint density at radius 2 is 1.61 bits per heavy atom. The number of rotatable bonds is 5. The predicted molar refractivity (Wildman–Crippen MR) is 96.4 cm³/mol. The molecular weight excluding hydrogens is 314 g/mol. The zero-order valence-electron chi connectivity index (χ0n) is 15.4. The van der Waals surface area contributed by atoms with Crippen LogP contribution in [0, 0.1) is 16.7 Å². The van der Waals surface area contributed by atoms with Gasteiger partial charge >= 0.3 is 0 Å². The fourth-order valence-corrected chi connectivity index (χ4v) is 3.81. The monoisotopic (exact) mass is 347 g/mol. The number of nitrogens with two attached hydrogens (primary N) is 1. The molecule has 0 saturated heterocycles. The molecule has 23 heavy (non-hydrogen) atoms. The first-order valence-corrected chi connectivity index (χ1v) is 8.24. The molecule has 0 heterocycles. The van der Waals surface area contributed by atoms with E-state index in [1.807, 2.05) is 13.8 Å². The van der Waals surface area contributed by atoms with Crippen LogP contribution in [-0.4, -0.2) is 30.4 Å². The van der Waals surface area contributed by atoms with Gasteiger partial charge in [-0.3, -0.25) is 9.59 Å². The Morgan fingerprint density at radius 3 is 2.04 bits per heavy atom. The molecule has 1 atom stereocenters. The second kappa shape index (κ2) is 8.34. The molecule has 2 amide bonds. The lowest BCUT2D eigenvalue weighted by molar-refractivity contribution is -0.128. The fraction of sp³-hybridized carbons (Fsp3) is 0.882. The molecule has 0 spiro atoms. The third-order valence-electron chi connectivity index (χ3n) is 4.36. The topological polar surface area (TPSA) is 84.2 Å². The van der Waals surface area contributed by atoms with E-state index in [2.05, 4.69) is 38.3 Å². The maximum atomic E-state index is 12.1. The zero-order chi connectivity index (χ0) is 17.1. The molecule has 1 rings (SSSR count). The first-order chi connectivity index (χ1) is 9.92. The summed E-state index contributed by atoms with van der Waals surface area (Å²) in [5, 5.41) is 5.68. The number of carbonyl (C=O) groups excluding carboxylic acids is 2. The van der Waals surface area contributed by atoms with Crippen molar-refractivity contribution >= 4 is 24.2 Å². The summed E-state index contributed by atoms with van der Waals surface area (Å²) in [6.07, 6.45) is 3.11. The van der Waals surface area contributed by atoms with E-state index in [0.29, 0.717) is 0 Å². The van der Waals surface area contributed by atoms with Crippen molar-refractivity contribution in [2.75, 3.05) is 6.54 Å². The first kappa shape index (κ1) is 22.2. The smallest absolute Gasteiger partial charge is 0.239 e. The molecule has 1 aliphatic carbocycles. The highest BCUT2D eigenvalue weighted by molar-refractivity contribution is 5.87. The van der Waals surface area contributed by atoms with Crippen LogP contribution < -0.4 is 16.4 Å². The number of nitrogens with one attached hydrogen (secondary N) is 2. The minimum absolute atomic E-state index is 0. The maximum absolute atomic E-state index is 12.1. The van der Waals surface area contributed by atoms with Gasteiger partial charge in [-0.1, -0.05) is 41.5 Å². The second-order valence-corrected chi connectivity index (χ2v) is 8.67. The van der Waals surface area contributed by atoms with Crippen LogP contribution >= 0.6 is 12.4 Å². The normalized spacial score (nSPS) is 21.2. The van der Waals surface area contributed by atoms with Crippen LogP contribution in [0.15, 0.2) is 0 Å². The average molecular weight is 348 g/mol. The van der Waals surface area contributed by atoms with Crippen molar-refractivity contribution in [2.45, 2.75) is 72.9 Å². The summed E-state index contributed by atoms with van der Waals surface area (Å²) in [6, 6.07) is -0.401. The van der Waals surface area contributed by atoms with Gasteiger partial charge in [0.25, 0.3) is 0 Å². The summed E-state index contributed by atoms with van der Waals surface area (Å²) in [6.45, 7) is 12.8. The van der Waals surface area contributed by atoms with Crippen molar-refractivity contribution < 1.29 is 9.59 Å². The van der Waals surface area contributed by atoms with Crippen molar-refractivity contribution in [1.82, 2.24) is 10.6 Å². The third-order valence-corrected chi connectivity index (χ3v) is 4.36. The quantitative estimate of drug-likeness (QED) is 0.713. The van der Waals surface area contributed by atoms with Gasteiger partial charge < -0.3 is 16.4 Å². The Morgan fingerprint density at radius 1 is 1.13 bits per heavy atom. The average Bonchev–Trinajstić information content (AvgIpc) is 2.30. The Labute approximate surface area is 146 Å². The van der Waals surface area contributed by atoms with Crippen molar-refractivity contribution in [1.29, 1.82) is 0 Å². The van der Waals surface area contributed by atoms with Gasteiger partial charge in [-0.25, -0.2) is 0 Å². The lowest BCUT2D eigenvalue weighted by Gasteiger charge is -2.45. The van der Waals surface area contributed by atoms with Crippen LogP contribution in [0.1, 0.15) is 60.8 Å². The number of hydrogen-bond donors (Lipinski definition) is 3. The molecule has 1 fully saturated rings. The molecule has 0 unspecified atom stereocenters. The standard InChI is InChI=1S/C17H33N3O2.ClH/c1-11(2)14(18)15(22)19-9-13(21)20-12-7-16(3,4)10-17(5,6)8-12;/h11-12,14H,7-10,18H2,1-6H3,(H,19,22)(H,20,21);1H/t14-;/m0./s1. The number of halogens is 1. The minimum atomic E-state index is -0.569. The summed E-state index contributed by atoms with van der Waals surface area (Å²) < 4.78 is 0. The molecule has 4 N–H and O–H groups in total. The molecule has 0 aromatic carbocycles. The molecule has 6 heteroatoms. The highest BCUT2D eigenvalue weighted by Crippen LogP contribution is 2.45. The van der Waals surface area contributed by atoms with E-state index in [1.165, 1.54) is 0 Å². The zero-order valence-corrected chi connectivity index (χ0v) is 16.2. The summed E-state index contributed by atoms with van der Waals surface area (Å²) in [7, 11) is 0. The van der Waals surface area contributed by atoms with Gasteiger partial charge in [0, 0.05) is 6.04 Å². The van der Waals surface area contributed by atoms with E-state index in [-0.39, 0.29) is 53.6 Å². The number of hydrogen-bond acceptors (Lipinski definition) is 3. The Hall–Kier alpha value is -0.810. The van der Waals surface area contributed by atoms with E-state index in [9.17, 15) is 9.59 Å². The van der Waals surface area contributed by atoms with Crippen molar-refractivity contribution in [2.24, 2.45) is 22.5 Å². The van der Waals surface area contributed by atoms with E-state index in [0.717, 1.165) is 19.3 Å². The fourth-order valence-electron chi connectivity index (χ4n) is 3.81. The summed E-state index contributed by atoms with van der Waals surface area (Å²) in [4.78, 5) is 23.8.